The van der Waals surface area contributed by atoms with Gasteiger partial charge in [-0.1, -0.05) is 12.1 Å². The lowest BCUT2D eigenvalue weighted by Crippen LogP contribution is -2.41. The van der Waals surface area contributed by atoms with Crippen molar-refractivity contribution in [2.75, 3.05) is 39.2 Å². The molecule has 1 aliphatic heterocycles. The minimum Gasteiger partial charge on any atom is -0.493 e. The lowest BCUT2D eigenvalue weighted by atomic mass is 9.97. The maximum Gasteiger partial charge on any atom is 0.243 e. The van der Waals surface area contributed by atoms with Crippen molar-refractivity contribution in [1.29, 1.82) is 0 Å². The van der Waals surface area contributed by atoms with E-state index in [0.717, 1.165) is 5.56 Å². The van der Waals surface area contributed by atoms with Crippen LogP contribution in [0.15, 0.2) is 47.4 Å². The zero-order valence-corrected chi connectivity index (χ0v) is 18.5. The van der Waals surface area contributed by atoms with Crippen molar-refractivity contribution in [3.05, 3.63) is 48.0 Å². The van der Waals surface area contributed by atoms with Crippen LogP contribution in [0.3, 0.4) is 0 Å². The van der Waals surface area contributed by atoms with Crippen LogP contribution in [0.2, 0.25) is 0 Å². The summed E-state index contributed by atoms with van der Waals surface area (Å²) in [7, 11) is -0.744. The summed E-state index contributed by atoms with van der Waals surface area (Å²) in [4.78, 5) is 12.7. The van der Waals surface area contributed by atoms with Gasteiger partial charge in [0.15, 0.2) is 11.5 Å². The van der Waals surface area contributed by atoms with Crippen LogP contribution in [0, 0.1) is 5.92 Å². The van der Waals surface area contributed by atoms with Gasteiger partial charge in [0.05, 0.1) is 19.1 Å². The molecule has 1 amide bonds. The fourth-order valence-corrected chi connectivity index (χ4v) is 5.10. The number of methoxy groups -OCH3 is 2. The largest absolute Gasteiger partial charge is 0.493 e. The first kappa shape index (κ1) is 23.1. The van der Waals surface area contributed by atoms with E-state index in [1.54, 1.807) is 18.2 Å². The smallest absolute Gasteiger partial charge is 0.243 e. The first-order valence-electron chi connectivity index (χ1n) is 10.1. The molecule has 1 fully saturated rings. The Balaban J connectivity index is 1.61. The maximum absolute atomic E-state index is 13.0. The molecule has 0 bridgehead atoms. The number of anilines is 1. The lowest BCUT2D eigenvalue weighted by Gasteiger charge is -2.30. The summed E-state index contributed by atoms with van der Waals surface area (Å²) < 4.78 is 37.8. The number of ether oxygens (including phenoxy) is 2. The van der Waals surface area contributed by atoms with Gasteiger partial charge in [0.2, 0.25) is 15.9 Å². The van der Waals surface area contributed by atoms with E-state index in [2.05, 4.69) is 5.32 Å². The summed E-state index contributed by atoms with van der Waals surface area (Å²) in [6.45, 7) is 0.616. The van der Waals surface area contributed by atoms with Crippen molar-refractivity contribution < 1.29 is 27.8 Å². The Kier molecular flexibility index (Phi) is 7.53. The molecule has 31 heavy (non-hydrogen) atoms. The second-order valence-corrected chi connectivity index (χ2v) is 9.29. The van der Waals surface area contributed by atoms with Crippen LogP contribution in [-0.4, -0.2) is 57.7 Å². The number of nitrogens with one attached hydrogen (secondary N) is 1. The van der Waals surface area contributed by atoms with Gasteiger partial charge in [0.1, 0.15) is 0 Å². The van der Waals surface area contributed by atoms with E-state index in [1.165, 1.54) is 30.7 Å². The molecule has 168 valence electrons. The fourth-order valence-electron chi connectivity index (χ4n) is 3.61. The number of benzene rings is 2. The third-order valence-corrected chi connectivity index (χ3v) is 7.33. The molecular weight excluding hydrogens is 420 g/mol. The quantitative estimate of drug-likeness (QED) is 0.642. The van der Waals surface area contributed by atoms with Crippen LogP contribution in [0.25, 0.3) is 0 Å². The second-order valence-electron chi connectivity index (χ2n) is 7.35. The van der Waals surface area contributed by atoms with Crippen LogP contribution in [0.1, 0.15) is 18.4 Å². The molecule has 1 aliphatic rings. The van der Waals surface area contributed by atoms with Gasteiger partial charge in [-0.2, -0.15) is 4.31 Å². The highest BCUT2D eigenvalue weighted by Gasteiger charge is 2.32. The van der Waals surface area contributed by atoms with E-state index in [1.807, 2.05) is 12.1 Å². The van der Waals surface area contributed by atoms with Gasteiger partial charge in [-0.3, -0.25) is 4.79 Å². The maximum atomic E-state index is 13.0. The molecule has 1 heterocycles. The van der Waals surface area contributed by atoms with E-state index < -0.39 is 10.0 Å². The van der Waals surface area contributed by atoms with E-state index >= 15 is 0 Å². The van der Waals surface area contributed by atoms with Crippen molar-refractivity contribution >= 4 is 21.6 Å². The molecule has 1 saturated heterocycles. The number of nitrogens with zero attached hydrogens (tertiary/aromatic N) is 1. The van der Waals surface area contributed by atoms with Crippen molar-refractivity contribution in [2.45, 2.75) is 24.2 Å². The normalized spacial score (nSPS) is 15.5. The van der Waals surface area contributed by atoms with Crippen molar-refractivity contribution in [2.24, 2.45) is 5.92 Å². The number of piperidine rings is 1. The highest BCUT2D eigenvalue weighted by molar-refractivity contribution is 7.89. The first-order valence-corrected chi connectivity index (χ1v) is 11.6. The number of hydrogen-bond donors (Lipinski definition) is 2. The molecule has 9 heteroatoms. The summed E-state index contributed by atoms with van der Waals surface area (Å²) in [6, 6.07) is 11.9. The van der Waals surface area contributed by atoms with Gasteiger partial charge in [0, 0.05) is 37.4 Å². The van der Waals surface area contributed by atoms with Gasteiger partial charge in [-0.25, -0.2) is 8.42 Å². The Morgan fingerprint density at radius 3 is 2.29 bits per heavy atom. The molecule has 0 saturated carbocycles. The summed E-state index contributed by atoms with van der Waals surface area (Å²) in [5, 5.41) is 11.9. The molecule has 0 aliphatic carbocycles. The molecule has 0 spiro atoms. The SMILES string of the molecule is COc1ccc(S(=O)(=O)N2CCC(C(=O)Nc3ccc(CCO)cc3)CC2)cc1OC. The van der Waals surface area contributed by atoms with Crippen molar-refractivity contribution in [1.82, 2.24) is 4.31 Å². The Bertz CT molecular complexity index is 999. The van der Waals surface area contributed by atoms with Gasteiger partial charge in [-0.15, -0.1) is 0 Å². The minimum atomic E-state index is -3.69. The average molecular weight is 449 g/mol. The molecule has 2 aromatic rings. The molecule has 2 aromatic carbocycles. The number of aliphatic hydroxyl groups excluding tert-OH is 1. The molecular formula is C22H28N2O6S. The monoisotopic (exact) mass is 448 g/mol. The van der Waals surface area contributed by atoms with Crippen LogP contribution < -0.4 is 14.8 Å². The van der Waals surface area contributed by atoms with E-state index in [4.69, 9.17) is 14.6 Å². The van der Waals surface area contributed by atoms with Gasteiger partial charge >= 0.3 is 0 Å². The average Bonchev–Trinajstić information content (AvgIpc) is 2.80. The molecule has 3 rings (SSSR count). The zero-order valence-electron chi connectivity index (χ0n) is 17.7. The molecule has 2 N–H and O–H groups in total. The lowest BCUT2D eigenvalue weighted by molar-refractivity contribution is -0.120. The molecule has 8 nitrogen and oxygen atoms in total. The number of sulfonamides is 1. The second kappa shape index (κ2) is 10.1. The van der Waals surface area contributed by atoms with E-state index in [0.29, 0.717) is 36.4 Å². The van der Waals surface area contributed by atoms with Crippen LogP contribution in [0.5, 0.6) is 11.5 Å². The standard InChI is InChI=1S/C22H28N2O6S/c1-29-20-8-7-19(15-21(20)30-2)31(27,28)24-12-9-17(10-13-24)22(26)23-18-5-3-16(4-6-18)11-14-25/h3-8,15,17,25H,9-14H2,1-2H3,(H,23,26). The highest BCUT2D eigenvalue weighted by Crippen LogP contribution is 2.32. The molecule has 0 atom stereocenters. The van der Waals surface area contributed by atoms with E-state index in [-0.39, 0.29) is 36.4 Å². The van der Waals surface area contributed by atoms with Crippen molar-refractivity contribution in [3.8, 4) is 11.5 Å². The number of carbonyl (C=O) groups excluding carboxylic acids is 1. The molecule has 0 unspecified atom stereocenters. The molecule has 0 radical (unpaired) electrons. The highest BCUT2D eigenvalue weighted by atomic mass is 32.2. The zero-order chi connectivity index (χ0) is 22.4. The predicted molar refractivity (Wildman–Crippen MR) is 117 cm³/mol. The van der Waals surface area contributed by atoms with Crippen LogP contribution in [-0.2, 0) is 21.2 Å². The third kappa shape index (κ3) is 5.36. The van der Waals surface area contributed by atoms with Gasteiger partial charge in [0.25, 0.3) is 0 Å². The Hall–Kier alpha value is -2.62. The summed E-state index contributed by atoms with van der Waals surface area (Å²) in [6.07, 6.45) is 1.46. The van der Waals surface area contributed by atoms with Crippen LogP contribution in [0.4, 0.5) is 5.69 Å². The first-order chi connectivity index (χ1) is 14.9. The Morgan fingerprint density at radius 2 is 1.71 bits per heavy atom. The number of rotatable bonds is 8. The summed E-state index contributed by atoms with van der Waals surface area (Å²) >= 11 is 0. The predicted octanol–water partition coefficient (Wildman–Crippen LogP) is 2.28. The third-order valence-electron chi connectivity index (χ3n) is 5.44. The number of hydrogen-bond acceptors (Lipinski definition) is 6. The fraction of sp³-hybridized carbons (Fsp3) is 0.409. The molecule has 0 aromatic heterocycles. The number of aliphatic hydroxyl groups is 1. The van der Waals surface area contributed by atoms with Gasteiger partial charge < -0.3 is 19.9 Å². The van der Waals surface area contributed by atoms with Crippen molar-refractivity contribution in [3.63, 3.8) is 0 Å². The van der Waals surface area contributed by atoms with Crippen LogP contribution >= 0.6 is 0 Å². The van der Waals surface area contributed by atoms with E-state index in [9.17, 15) is 13.2 Å². The summed E-state index contributed by atoms with van der Waals surface area (Å²) in [5.74, 6) is 0.441. The van der Waals surface area contributed by atoms with Gasteiger partial charge in [-0.05, 0) is 49.1 Å². The Morgan fingerprint density at radius 1 is 1.06 bits per heavy atom. The number of amides is 1. The minimum absolute atomic E-state index is 0.0799. The Labute approximate surface area is 182 Å². The number of carbonyl (C=O) groups is 1. The topological polar surface area (TPSA) is 105 Å². The summed E-state index contributed by atoms with van der Waals surface area (Å²) in [5.41, 5.74) is 1.68.